The second kappa shape index (κ2) is 9.65. The third-order valence-electron chi connectivity index (χ3n) is 4.33. The quantitative estimate of drug-likeness (QED) is 0.797. The predicted octanol–water partition coefficient (Wildman–Crippen LogP) is 4.59. The largest absolute Gasteiger partial charge is 0.494 e. The lowest BCUT2D eigenvalue weighted by atomic mass is 9.95. The van der Waals surface area contributed by atoms with Crippen LogP contribution >= 0.6 is 24.8 Å². The third-order valence-corrected chi connectivity index (χ3v) is 4.33. The van der Waals surface area contributed by atoms with Crippen LogP contribution in [0.2, 0.25) is 0 Å². The van der Waals surface area contributed by atoms with Crippen molar-refractivity contribution in [1.82, 2.24) is 10.2 Å². The maximum atomic E-state index is 14.0. The maximum absolute atomic E-state index is 14.0. The Morgan fingerprint density at radius 3 is 2.35 bits per heavy atom. The van der Waals surface area contributed by atoms with Crippen LogP contribution in [0.3, 0.4) is 0 Å². The van der Waals surface area contributed by atoms with Gasteiger partial charge in [0.25, 0.3) is 0 Å². The van der Waals surface area contributed by atoms with Crippen LogP contribution in [0, 0.1) is 0 Å². The number of hydrogen-bond acceptors (Lipinski definition) is 3. The molecule has 0 radical (unpaired) electrons. The molecule has 0 unspecified atom stereocenters. The molecule has 0 amide bonds. The summed E-state index contributed by atoms with van der Waals surface area (Å²) in [5.41, 5.74) is 0.226. The minimum atomic E-state index is -4.37. The van der Waals surface area contributed by atoms with Crippen molar-refractivity contribution >= 4 is 35.6 Å². The van der Waals surface area contributed by atoms with Crippen LogP contribution in [0.15, 0.2) is 36.4 Å². The number of halogens is 5. The lowest BCUT2D eigenvalue weighted by Gasteiger charge is -2.37. The Hall–Kier alpha value is -1.21. The Morgan fingerprint density at radius 2 is 1.73 bits per heavy atom. The number of nitrogens with one attached hydrogen (secondary N) is 1. The fourth-order valence-electron chi connectivity index (χ4n) is 3.33. The zero-order valence-corrected chi connectivity index (χ0v) is 16.0. The first-order valence-electron chi connectivity index (χ1n) is 8.18. The third kappa shape index (κ3) is 4.74. The summed E-state index contributed by atoms with van der Waals surface area (Å²) in [5.74, 6) is 0.317. The van der Waals surface area contributed by atoms with Gasteiger partial charge in [0, 0.05) is 31.7 Å². The fraction of sp³-hybridized carbons (Fsp3) is 0.444. The Bertz CT molecular complexity index is 706. The first-order valence-corrected chi connectivity index (χ1v) is 8.18. The van der Waals surface area contributed by atoms with Gasteiger partial charge in [-0.15, -0.1) is 24.8 Å². The highest BCUT2D eigenvalue weighted by Gasteiger charge is 2.47. The van der Waals surface area contributed by atoms with Gasteiger partial charge in [0.15, 0.2) is 0 Å². The van der Waals surface area contributed by atoms with Crippen LogP contribution in [0.5, 0.6) is 5.75 Å². The minimum absolute atomic E-state index is 0. The zero-order chi connectivity index (χ0) is 17.2. The van der Waals surface area contributed by atoms with Crippen molar-refractivity contribution in [3.8, 4) is 5.75 Å². The molecule has 1 heterocycles. The van der Waals surface area contributed by atoms with Crippen molar-refractivity contribution in [2.45, 2.75) is 19.1 Å². The summed E-state index contributed by atoms with van der Waals surface area (Å²) in [6.45, 7) is 3.95. The number of fused-ring (bicyclic) bond motifs is 1. The summed E-state index contributed by atoms with van der Waals surface area (Å²) < 4.78 is 47.6. The van der Waals surface area contributed by atoms with E-state index in [1.807, 2.05) is 18.2 Å². The van der Waals surface area contributed by atoms with E-state index in [-0.39, 0.29) is 30.4 Å². The summed E-state index contributed by atoms with van der Waals surface area (Å²) >= 11 is 0. The fourth-order valence-corrected chi connectivity index (χ4v) is 3.33. The van der Waals surface area contributed by atoms with Crippen molar-refractivity contribution in [3.63, 3.8) is 0 Å². The standard InChI is InChI=1S/C18H21F3N2O.2ClH/c1-2-24-15-8-7-13-5-3-4-6-14(13)16(15)17(18(19,20)21)23-11-9-22-10-12-23;;/h3-8,17,22H,2,9-12H2,1H3;2*1H/t17-;;/m1../s1. The predicted molar refractivity (Wildman–Crippen MR) is 103 cm³/mol. The Balaban J connectivity index is 0.00000169. The summed E-state index contributed by atoms with van der Waals surface area (Å²) in [7, 11) is 0. The van der Waals surface area contributed by atoms with Gasteiger partial charge < -0.3 is 10.1 Å². The molecule has 146 valence electrons. The van der Waals surface area contributed by atoms with Crippen LogP contribution in [-0.4, -0.2) is 43.9 Å². The van der Waals surface area contributed by atoms with Crippen molar-refractivity contribution in [1.29, 1.82) is 0 Å². The van der Waals surface area contributed by atoms with Crippen molar-refractivity contribution < 1.29 is 17.9 Å². The van der Waals surface area contributed by atoms with Crippen LogP contribution < -0.4 is 10.1 Å². The molecule has 0 aromatic heterocycles. The molecule has 3 nitrogen and oxygen atoms in total. The minimum Gasteiger partial charge on any atom is -0.494 e. The zero-order valence-electron chi connectivity index (χ0n) is 14.4. The van der Waals surface area contributed by atoms with Gasteiger partial charge in [-0.2, -0.15) is 13.2 Å². The molecule has 0 saturated carbocycles. The van der Waals surface area contributed by atoms with E-state index in [2.05, 4.69) is 5.32 Å². The van der Waals surface area contributed by atoms with Gasteiger partial charge in [-0.3, -0.25) is 4.90 Å². The van der Waals surface area contributed by atoms with Crippen LogP contribution in [0.25, 0.3) is 10.8 Å². The van der Waals surface area contributed by atoms with Gasteiger partial charge in [-0.05, 0) is 23.8 Å². The molecule has 1 fully saturated rings. The first-order chi connectivity index (χ1) is 11.5. The molecule has 1 aliphatic rings. The van der Waals surface area contributed by atoms with E-state index in [1.165, 1.54) is 4.90 Å². The molecule has 1 aliphatic heterocycles. The molecule has 1 N–H and O–H groups in total. The highest BCUT2D eigenvalue weighted by atomic mass is 35.5. The molecule has 0 aliphatic carbocycles. The van der Waals surface area contributed by atoms with Crippen LogP contribution in [0.1, 0.15) is 18.5 Å². The lowest BCUT2D eigenvalue weighted by molar-refractivity contribution is -0.187. The highest BCUT2D eigenvalue weighted by Crippen LogP contribution is 2.44. The van der Waals surface area contributed by atoms with Gasteiger partial charge in [-0.25, -0.2) is 0 Å². The van der Waals surface area contributed by atoms with E-state index in [1.54, 1.807) is 25.1 Å². The van der Waals surface area contributed by atoms with E-state index in [9.17, 15) is 13.2 Å². The second-order valence-electron chi connectivity index (χ2n) is 5.86. The number of nitrogens with zero attached hydrogens (tertiary/aromatic N) is 1. The lowest BCUT2D eigenvalue weighted by Crippen LogP contribution is -2.49. The average Bonchev–Trinajstić information content (AvgIpc) is 2.57. The van der Waals surface area contributed by atoms with Gasteiger partial charge in [0.2, 0.25) is 0 Å². The molecular formula is C18H23Cl2F3N2O. The molecular weight excluding hydrogens is 388 g/mol. The first kappa shape index (κ1) is 22.8. The van der Waals surface area contributed by atoms with Crippen LogP contribution in [-0.2, 0) is 0 Å². The van der Waals surface area contributed by atoms with Crippen LogP contribution in [0.4, 0.5) is 13.2 Å². The molecule has 1 saturated heterocycles. The Morgan fingerprint density at radius 1 is 1.08 bits per heavy atom. The maximum Gasteiger partial charge on any atom is 0.408 e. The molecule has 26 heavy (non-hydrogen) atoms. The van der Waals surface area contributed by atoms with Gasteiger partial charge in [-0.1, -0.05) is 30.3 Å². The van der Waals surface area contributed by atoms with E-state index < -0.39 is 12.2 Å². The molecule has 8 heteroatoms. The summed E-state index contributed by atoms with van der Waals surface area (Å²) in [5, 5.41) is 4.50. The summed E-state index contributed by atoms with van der Waals surface area (Å²) in [4.78, 5) is 1.50. The number of hydrogen-bond donors (Lipinski definition) is 1. The number of alkyl halides is 3. The van der Waals surface area contributed by atoms with Gasteiger partial charge >= 0.3 is 6.18 Å². The van der Waals surface area contributed by atoms with Gasteiger partial charge in [0.1, 0.15) is 11.8 Å². The SMILES string of the molecule is CCOc1ccc2ccccc2c1[C@@H](N1CCNCC1)C(F)(F)F.Cl.Cl. The van der Waals surface area contributed by atoms with Gasteiger partial charge in [0.05, 0.1) is 6.61 Å². The number of piperazine rings is 1. The normalized spacial score (nSPS) is 16.5. The van der Waals surface area contributed by atoms with E-state index in [0.29, 0.717) is 43.9 Å². The Kier molecular flexibility index (Phi) is 8.47. The van der Waals surface area contributed by atoms with E-state index in [0.717, 1.165) is 5.39 Å². The van der Waals surface area contributed by atoms with Crippen molar-refractivity contribution in [2.75, 3.05) is 32.8 Å². The smallest absolute Gasteiger partial charge is 0.408 e. The molecule has 1 atom stereocenters. The number of benzene rings is 2. The molecule has 0 bridgehead atoms. The van der Waals surface area contributed by atoms with Crippen molar-refractivity contribution in [2.24, 2.45) is 0 Å². The topological polar surface area (TPSA) is 24.5 Å². The molecule has 3 rings (SSSR count). The molecule has 2 aromatic rings. The van der Waals surface area contributed by atoms with Crippen molar-refractivity contribution in [3.05, 3.63) is 42.0 Å². The average molecular weight is 411 g/mol. The summed E-state index contributed by atoms with van der Waals surface area (Å²) in [6.07, 6.45) is -4.37. The number of rotatable bonds is 4. The Labute approximate surface area is 163 Å². The second-order valence-corrected chi connectivity index (χ2v) is 5.86. The monoisotopic (exact) mass is 410 g/mol. The highest BCUT2D eigenvalue weighted by molar-refractivity contribution is 5.88. The summed E-state index contributed by atoms with van der Waals surface area (Å²) in [6, 6.07) is 8.99. The number of ether oxygens (including phenoxy) is 1. The molecule has 0 spiro atoms. The molecule has 2 aromatic carbocycles. The van der Waals surface area contributed by atoms with E-state index >= 15 is 0 Å². The van der Waals surface area contributed by atoms with E-state index in [4.69, 9.17) is 4.74 Å².